The molecule has 8 nitrogen and oxygen atoms in total. The molecule has 0 bridgehead atoms. The number of fused-ring (bicyclic) bond motifs is 1. The quantitative estimate of drug-likeness (QED) is 0.760. The third-order valence-corrected chi connectivity index (χ3v) is 6.84. The van der Waals surface area contributed by atoms with Crippen molar-refractivity contribution >= 4 is 21.8 Å². The number of hydrogen-bond acceptors (Lipinski definition) is 6. The number of benzene rings is 1. The third-order valence-electron chi connectivity index (χ3n) is 5.69. The van der Waals surface area contributed by atoms with E-state index in [4.69, 9.17) is 10.5 Å². The molecule has 1 amide bonds. The number of aromatic nitrogens is 1. The summed E-state index contributed by atoms with van der Waals surface area (Å²) in [7, 11) is -3.60. The highest BCUT2D eigenvalue weighted by atomic mass is 32.2. The van der Waals surface area contributed by atoms with E-state index in [2.05, 4.69) is 9.38 Å². The van der Waals surface area contributed by atoms with E-state index in [-0.39, 0.29) is 23.5 Å². The van der Waals surface area contributed by atoms with Crippen LogP contribution in [0.25, 0.3) is 0 Å². The summed E-state index contributed by atoms with van der Waals surface area (Å²) in [5.74, 6) is 0.213. The summed E-state index contributed by atoms with van der Waals surface area (Å²) in [5, 5.41) is 0. The first kappa shape index (κ1) is 21.3. The normalized spacial score (nSPS) is 20.0. The molecule has 4 rings (SSSR count). The molecule has 1 aromatic heterocycles. The van der Waals surface area contributed by atoms with Gasteiger partial charge in [-0.2, -0.15) is 0 Å². The van der Waals surface area contributed by atoms with Gasteiger partial charge in [0.15, 0.2) is 0 Å². The van der Waals surface area contributed by atoms with E-state index in [1.54, 1.807) is 30.5 Å². The van der Waals surface area contributed by atoms with Crippen LogP contribution in [0.4, 0.5) is 0 Å². The molecule has 31 heavy (non-hydrogen) atoms. The minimum absolute atomic E-state index is 0.0207. The van der Waals surface area contributed by atoms with Gasteiger partial charge in [0, 0.05) is 24.0 Å². The van der Waals surface area contributed by atoms with Crippen LogP contribution in [-0.2, 0) is 22.2 Å². The van der Waals surface area contributed by atoms with Crippen molar-refractivity contribution in [3.8, 4) is 5.75 Å². The van der Waals surface area contributed by atoms with Gasteiger partial charge in [-0.05, 0) is 49.4 Å². The topological polar surface area (TPSA) is 115 Å². The van der Waals surface area contributed by atoms with Gasteiger partial charge >= 0.3 is 0 Å². The molecular formula is C22H26N4O4S. The van der Waals surface area contributed by atoms with Gasteiger partial charge in [-0.25, -0.2) is 8.42 Å². The van der Waals surface area contributed by atoms with Gasteiger partial charge in [0.05, 0.1) is 17.4 Å². The molecule has 1 fully saturated rings. The van der Waals surface area contributed by atoms with E-state index in [0.29, 0.717) is 35.6 Å². The van der Waals surface area contributed by atoms with E-state index in [9.17, 15) is 13.2 Å². The number of pyridine rings is 1. The maximum absolute atomic E-state index is 13.2. The summed E-state index contributed by atoms with van der Waals surface area (Å²) < 4.78 is 33.5. The highest BCUT2D eigenvalue weighted by Crippen LogP contribution is 2.29. The second-order valence-electron chi connectivity index (χ2n) is 7.84. The number of sulfonamides is 1. The van der Waals surface area contributed by atoms with E-state index in [1.165, 1.54) is 0 Å². The molecular weight excluding hydrogens is 416 g/mol. The molecule has 0 aliphatic carbocycles. The summed E-state index contributed by atoms with van der Waals surface area (Å²) >= 11 is 0. The van der Waals surface area contributed by atoms with Crippen molar-refractivity contribution in [2.75, 3.05) is 13.2 Å². The van der Waals surface area contributed by atoms with Gasteiger partial charge in [-0.3, -0.25) is 9.78 Å². The van der Waals surface area contributed by atoms with Crippen LogP contribution in [0.5, 0.6) is 5.75 Å². The van der Waals surface area contributed by atoms with Gasteiger partial charge in [-0.15, -0.1) is 4.40 Å². The summed E-state index contributed by atoms with van der Waals surface area (Å²) in [4.78, 5) is 19.3. The smallest absolute Gasteiger partial charge is 0.259 e. The second-order valence-corrected chi connectivity index (χ2v) is 9.48. The van der Waals surface area contributed by atoms with Gasteiger partial charge in [0.2, 0.25) is 0 Å². The number of amidine groups is 1. The van der Waals surface area contributed by atoms with Crippen molar-refractivity contribution < 1.29 is 17.9 Å². The van der Waals surface area contributed by atoms with Crippen LogP contribution in [0.15, 0.2) is 40.9 Å². The predicted octanol–water partition coefficient (Wildman–Crippen LogP) is 2.27. The highest BCUT2D eigenvalue weighted by Gasteiger charge is 2.30. The Morgan fingerprint density at radius 3 is 2.94 bits per heavy atom. The number of carbonyl (C=O) groups is 1. The average molecular weight is 443 g/mol. The van der Waals surface area contributed by atoms with Gasteiger partial charge in [-0.1, -0.05) is 19.1 Å². The Morgan fingerprint density at radius 2 is 2.13 bits per heavy atom. The molecule has 1 atom stereocenters. The molecule has 0 spiro atoms. The van der Waals surface area contributed by atoms with Crippen molar-refractivity contribution in [1.82, 2.24) is 9.88 Å². The zero-order valence-corrected chi connectivity index (χ0v) is 18.3. The predicted molar refractivity (Wildman–Crippen MR) is 118 cm³/mol. The molecule has 0 saturated carbocycles. The maximum Gasteiger partial charge on any atom is 0.259 e. The third kappa shape index (κ3) is 4.56. The fourth-order valence-corrected chi connectivity index (χ4v) is 5.22. The SMILES string of the molecule is CCc1cc(C(=O)N2CCCC[C@@H]2COc2cccc3c2C(N)=NS(=O)(=O)C3)ccn1. The van der Waals surface area contributed by atoms with Gasteiger partial charge in [0.1, 0.15) is 18.2 Å². The number of ether oxygens (including phenoxy) is 1. The molecule has 0 radical (unpaired) electrons. The Bertz CT molecular complexity index is 1130. The van der Waals surface area contributed by atoms with E-state index < -0.39 is 10.0 Å². The molecule has 2 aromatic rings. The first-order valence-corrected chi connectivity index (χ1v) is 12.1. The van der Waals surface area contributed by atoms with Crippen molar-refractivity contribution in [3.63, 3.8) is 0 Å². The number of rotatable bonds is 5. The number of likely N-dealkylation sites (tertiary alicyclic amines) is 1. The Hall–Kier alpha value is -2.94. The molecule has 0 unspecified atom stereocenters. The second kappa shape index (κ2) is 8.66. The largest absolute Gasteiger partial charge is 0.491 e. The summed E-state index contributed by atoms with van der Waals surface area (Å²) in [6, 6.07) is 8.73. The molecule has 9 heteroatoms. The zero-order chi connectivity index (χ0) is 22.0. The van der Waals surface area contributed by atoms with Gasteiger partial charge < -0.3 is 15.4 Å². The minimum atomic E-state index is -3.60. The molecule has 3 heterocycles. The lowest BCUT2D eigenvalue weighted by Gasteiger charge is -2.36. The first-order chi connectivity index (χ1) is 14.9. The fraction of sp³-hybridized carbons (Fsp3) is 0.409. The Labute approximate surface area is 182 Å². The Kier molecular flexibility index (Phi) is 5.95. The van der Waals surface area contributed by atoms with Crippen molar-refractivity contribution in [2.24, 2.45) is 10.1 Å². The lowest BCUT2D eigenvalue weighted by molar-refractivity contribution is 0.0528. The van der Waals surface area contributed by atoms with E-state index in [0.717, 1.165) is 31.4 Å². The molecule has 164 valence electrons. The van der Waals surface area contributed by atoms with Crippen LogP contribution in [-0.4, -0.2) is 49.2 Å². The molecule has 2 aliphatic heterocycles. The Balaban J connectivity index is 1.53. The fourth-order valence-electron chi connectivity index (χ4n) is 4.13. The summed E-state index contributed by atoms with van der Waals surface area (Å²) in [6.07, 6.45) is 5.25. The lowest BCUT2D eigenvalue weighted by Crippen LogP contribution is -2.46. The summed E-state index contributed by atoms with van der Waals surface area (Å²) in [6.45, 7) is 2.98. The van der Waals surface area contributed by atoms with Crippen LogP contribution in [0, 0.1) is 0 Å². The van der Waals surface area contributed by atoms with Crippen molar-refractivity contribution in [1.29, 1.82) is 0 Å². The monoisotopic (exact) mass is 442 g/mol. The Morgan fingerprint density at radius 1 is 1.29 bits per heavy atom. The summed E-state index contributed by atoms with van der Waals surface area (Å²) in [5.41, 5.74) is 8.55. The van der Waals surface area contributed by atoms with Gasteiger partial charge in [0.25, 0.3) is 15.9 Å². The number of nitrogens with two attached hydrogens (primary N) is 1. The van der Waals surface area contributed by atoms with Crippen LogP contribution in [0.1, 0.15) is 53.4 Å². The standard InChI is InChI=1S/C22H26N4O4S/c1-2-17-12-15(9-10-24-17)22(27)26-11-4-3-7-18(26)13-30-19-8-5-6-16-14-31(28,29)25-21(23)20(16)19/h5-6,8-10,12,18H,2-4,7,11,13-14H2,1H3,(H2,23,25)/t18-/m1/s1. The number of piperidine rings is 1. The molecule has 1 aromatic carbocycles. The number of aryl methyl sites for hydroxylation is 1. The lowest BCUT2D eigenvalue weighted by atomic mass is 10.0. The van der Waals surface area contributed by atoms with Crippen LogP contribution < -0.4 is 10.5 Å². The minimum Gasteiger partial charge on any atom is -0.491 e. The van der Waals surface area contributed by atoms with Crippen LogP contribution in [0.2, 0.25) is 0 Å². The van der Waals surface area contributed by atoms with Crippen molar-refractivity contribution in [2.45, 2.75) is 44.4 Å². The maximum atomic E-state index is 13.2. The van der Waals surface area contributed by atoms with Crippen LogP contribution >= 0.6 is 0 Å². The number of nitrogens with zero attached hydrogens (tertiary/aromatic N) is 3. The average Bonchev–Trinajstić information content (AvgIpc) is 2.76. The van der Waals surface area contributed by atoms with Crippen molar-refractivity contribution in [3.05, 3.63) is 58.9 Å². The highest BCUT2D eigenvalue weighted by molar-refractivity contribution is 7.89. The van der Waals surface area contributed by atoms with E-state index in [1.807, 2.05) is 17.9 Å². The molecule has 1 saturated heterocycles. The number of carbonyl (C=O) groups excluding carboxylic acids is 1. The number of amides is 1. The zero-order valence-electron chi connectivity index (χ0n) is 17.5. The molecule has 2 N–H and O–H groups in total. The number of hydrogen-bond donors (Lipinski definition) is 1. The van der Waals surface area contributed by atoms with E-state index >= 15 is 0 Å². The molecule has 2 aliphatic rings. The first-order valence-electron chi connectivity index (χ1n) is 10.5. The van der Waals surface area contributed by atoms with Crippen LogP contribution in [0.3, 0.4) is 0 Å².